The number of aliphatic imine (C=N–C) groups is 1. The zero-order valence-electron chi connectivity index (χ0n) is 16.4. The molecule has 0 amide bonds. The Morgan fingerprint density at radius 3 is 2.30 bits per heavy atom. The van der Waals surface area contributed by atoms with Crippen molar-refractivity contribution in [2.45, 2.75) is 19.1 Å². The first-order valence-corrected chi connectivity index (χ1v) is 9.01. The van der Waals surface area contributed by atoms with Gasteiger partial charge in [-0.15, -0.1) is 13.2 Å². The zero-order valence-corrected chi connectivity index (χ0v) is 16.4. The second-order valence-corrected chi connectivity index (χ2v) is 6.50. The molecule has 6 nitrogen and oxygen atoms in total. The average molecular weight is 473 g/mol. The molecule has 0 spiro atoms. The lowest BCUT2D eigenvalue weighted by Crippen LogP contribution is -2.17. The monoisotopic (exact) mass is 473 g/mol. The summed E-state index contributed by atoms with van der Waals surface area (Å²) in [6.07, 6.45) is -7.25. The number of alkyl halides is 6. The van der Waals surface area contributed by atoms with Crippen LogP contribution in [0.5, 0.6) is 5.75 Å². The summed E-state index contributed by atoms with van der Waals surface area (Å²) in [5, 5.41) is 2.84. The molecule has 13 heteroatoms. The Balaban J connectivity index is 1.75. The molecule has 0 unspecified atom stereocenters. The maximum absolute atomic E-state index is 13.7. The lowest BCUT2D eigenvalue weighted by atomic mass is 10.1. The number of nitrogen functional groups attached to an aromatic ring is 1. The van der Waals surface area contributed by atoms with E-state index in [-0.39, 0.29) is 29.3 Å². The van der Waals surface area contributed by atoms with Crippen LogP contribution in [0.3, 0.4) is 0 Å². The zero-order chi connectivity index (χ0) is 24.2. The van der Waals surface area contributed by atoms with Gasteiger partial charge in [0.15, 0.2) is 0 Å². The van der Waals surface area contributed by atoms with Crippen molar-refractivity contribution in [2.24, 2.45) is 4.99 Å². The molecule has 0 aliphatic rings. The van der Waals surface area contributed by atoms with E-state index >= 15 is 0 Å². The van der Waals surface area contributed by atoms with E-state index in [1.807, 2.05) is 0 Å². The smallest absolute Gasteiger partial charge is 0.406 e. The van der Waals surface area contributed by atoms with Crippen LogP contribution >= 0.6 is 0 Å². The fraction of sp³-hybridized carbons (Fsp3) is 0.150. The van der Waals surface area contributed by atoms with Gasteiger partial charge in [-0.25, -0.2) is 14.4 Å². The minimum absolute atomic E-state index is 0.00637. The number of rotatable bonds is 6. The molecular weight excluding hydrogens is 459 g/mol. The Hall–Kier alpha value is -3.90. The van der Waals surface area contributed by atoms with Crippen molar-refractivity contribution in [3.05, 3.63) is 71.3 Å². The van der Waals surface area contributed by atoms with Gasteiger partial charge in [-0.05, 0) is 42.0 Å². The Morgan fingerprint density at radius 2 is 1.70 bits per heavy atom. The first kappa shape index (κ1) is 23.8. The second kappa shape index (κ2) is 9.30. The van der Waals surface area contributed by atoms with Crippen LogP contribution in [0.25, 0.3) is 0 Å². The molecule has 0 aliphatic carbocycles. The Labute approximate surface area is 182 Å². The van der Waals surface area contributed by atoms with Gasteiger partial charge in [0.1, 0.15) is 29.5 Å². The van der Waals surface area contributed by atoms with E-state index in [0.29, 0.717) is 11.8 Å². The van der Waals surface area contributed by atoms with E-state index in [9.17, 15) is 30.7 Å². The summed E-state index contributed by atoms with van der Waals surface area (Å²) in [4.78, 5) is 11.9. The number of aromatic nitrogens is 2. The van der Waals surface area contributed by atoms with Crippen LogP contribution in [0.15, 0.2) is 53.8 Å². The normalized spacial score (nSPS) is 12.2. The van der Waals surface area contributed by atoms with E-state index in [0.717, 1.165) is 30.6 Å². The number of anilines is 3. The van der Waals surface area contributed by atoms with Crippen molar-refractivity contribution < 1.29 is 35.5 Å². The van der Waals surface area contributed by atoms with Crippen LogP contribution in [-0.2, 0) is 12.7 Å². The van der Waals surface area contributed by atoms with E-state index in [1.165, 1.54) is 18.3 Å². The molecule has 3 rings (SSSR count). The molecule has 0 bridgehead atoms. The molecule has 174 valence electrons. The maximum atomic E-state index is 13.7. The summed E-state index contributed by atoms with van der Waals surface area (Å²) in [5.74, 6) is -1.67. The molecule has 1 aromatic heterocycles. The molecule has 0 atom stereocenters. The third-order valence-corrected chi connectivity index (χ3v) is 4.10. The van der Waals surface area contributed by atoms with E-state index in [2.05, 4.69) is 25.0 Å². The van der Waals surface area contributed by atoms with Crippen LogP contribution in [0.2, 0.25) is 0 Å². The lowest BCUT2D eigenvalue weighted by molar-refractivity contribution is -0.274. The summed E-state index contributed by atoms with van der Waals surface area (Å²) in [6, 6.07) is 7.25. The predicted molar refractivity (Wildman–Crippen MR) is 106 cm³/mol. The van der Waals surface area contributed by atoms with Crippen molar-refractivity contribution in [3.8, 4) is 5.75 Å². The summed E-state index contributed by atoms with van der Waals surface area (Å²) in [5.41, 5.74) is 5.19. The van der Waals surface area contributed by atoms with E-state index in [4.69, 9.17) is 5.73 Å². The predicted octanol–water partition coefficient (Wildman–Crippen LogP) is 5.48. The van der Waals surface area contributed by atoms with E-state index in [1.54, 1.807) is 0 Å². The van der Waals surface area contributed by atoms with Crippen molar-refractivity contribution in [2.75, 3.05) is 11.1 Å². The minimum atomic E-state index is -4.82. The third kappa shape index (κ3) is 6.54. The molecule has 3 N–H and O–H groups in total. The number of halogens is 7. The van der Waals surface area contributed by atoms with Gasteiger partial charge in [0.25, 0.3) is 0 Å². The standard InChI is InChI=1S/C20H14F7N5O/c21-16-7-11(1-6-15(16)19(22,23)24)8-29-9-14-17(28)30-10-31-18(14)32-12-2-4-13(5-3-12)33-20(25,26)27/h1-7,9-10H,8H2,(H3,28,30,31,32). The molecule has 1 heterocycles. The Bertz CT molecular complexity index is 1150. The molecule has 0 saturated carbocycles. The molecule has 0 saturated heterocycles. The Morgan fingerprint density at radius 1 is 1.00 bits per heavy atom. The summed E-state index contributed by atoms with van der Waals surface area (Å²) in [6.45, 7) is -0.160. The van der Waals surface area contributed by atoms with Crippen LogP contribution < -0.4 is 15.8 Å². The van der Waals surface area contributed by atoms with Crippen molar-refractivity contribution in [1.29, 1.82) is 0 Å². The molecule has 0 radical (unpaired) electrons. The quantitative estimate of drug-likeness (QED) is 0.366. The number of hydrogen-bond acceptors (Lipinski definition) is 6. The largest absolute Gasteiger partial charge is 0.573 e. The van der Waals surface area contributed by atoms with Crippen molar-refractivity contribution in [3.63, 3.8) is 0 Å². The van der Waals surface area contributed by atoms with Crippen LogP contribution in [0.1, 0.15) is 16.7 Å². The minimum Gasteiger partial charge on any atom is -0.406 e. The number of nitrogens with zero attached hydrogens (tertiary/aromatic N) is 3. The van der Waals surface area contributed by atoms with Gasteiger partial charge in [0.2, 0.25) is 0 Å². The number of hydrogen-bond donors (Lipinski definition) is 2. The van der Waals surface area contributed by atoms with Gasteiger partial charge in [-0.1, -0.05) is 6.07 Å². The Kier molecular flexibility index (Phi) is 6.70. The molecule has 3 aromatic rings. The number of benzene rings is 2. The van der Waals surface area contributed by atoms with Gasteiger partial charge in [-0.3, -0.25) is 4.99 Å². The summed E-state index contributed by atoms with van der Waals surface area (Å²) in [7, 11) is 0. The second-order valence-electron chi connectivity index (χ2n) is 6.50. The van der Waals surface area contributed by atoms with Gasteiger partial charge >= 0.3 is 12.5 Å². The van der Waals surface area contributed by atoms with E-state index < -0.39 is 29.7 Å². The summed E-state index contributed by atoms with van der Waals surface area (Å²) >= 11 is 0. The fourth-order valence-corrected chi connectivity index (χ4v) is 2.64. The highest BCUT2D eigenvalue weighted by Crippen LogP contribution is 2.32. The lowest BCUT2D eigenvalue weighted by Gasteiger charge is -2.12. The summed E-state index contributed by atoms with van der Waals surface area (Å²) < 4.78 is 92.3. The SMILES string of the molecule is Nc1ncnc(Nc2ccc(OC(F)(F)F)cc2)c1C=NCc1ccc(C(F)(F)F)c(F)c1. The fourth-order valence-electron chi connectivity index (χ4n) is 2.64. The molecular formula is C20H14F7N5O. The highest BCUT2D eigenvalue weighted by atomic mass is 19.4. The number of nitrogens with two attached hydrogens (primary N) is 1. The van der Waals surface area contributed by atoms with Gasteiger partial charge in [-0.2, -0.15) is 13.2 Å². The molecule has 2 aromatic carbocycles. The van der Waals surface area contributed by atoms with Gasteiger partial charge in [0, 0.05) is 11.9 Å². The highest BCUT2D eigenvalue weighted by Gasteiger charge is 2.34. The molecule has 33 heavy (non-hydrogen) atoms. The number of nitrogens with one attached hydrogen (secondary N) is 1. The van der Waals surface area contributed by atoms with Crippen LogP contribution in [0, 0.1) is 5.82 Å². The molecule has 0 aliphatic heterocycles. The van der Waals surface area contributed by atoms with Crippen LogP contribution in [0.4, 0.5) is 48.1 Å². The van der Waals surface area contributed by atoms with Gasteiger partial charge in [0.05, 0.1) is 17.7 Å². The average Bonchev–Trinajstić information content (AvgIpc) is 2.69. The topological polar surface area (TPSA) is 85.4 Å². The highest BCUT2D eigenvalue weighted by molar-refractivity contribution is 5.92. The van der Waals surface area contributed by atoms with Gasteiger partial charge < -0.3 is 15.8 Å². The molecule has 0 fully saturated rings. The number of ether oxygens (including phenoxy) is 1. The first-order chi connectivity index (χ1) is 15.4. The van der Waals surface area contributed by atoms with Crippen molar-refractivity contribution in [1.82, 2.24) is 9.97 Å². The first-order valence-electron chi connectivity index (χ1n) is 9.01. The van der Waals surface area contributed by atoms with Crippen molar-refractivity contribution >= 4 is 23.5 Å². The third-order valence-electron chi connectivity index (χ3n) is 4.10. The maximum Gasteiger partial charge on any atom is 0.573 e. The van der Waals surface area contributed by atoms with Crippen LogP contribution in [-0.4, -0.2) is 22.5 Å².